The van der Waals surface area contributed by atoms with E-state index in [4.69, 9.17) is 52.6 Å². The first-order valence-corrected chi connectivity index (χ1v) is 32.4. The summed E-state index contributed by atoms with van der Waals surface area (Å²) < 4.78 is 28.8. The highest BCUT2D eigenvalue weighted by atomic mass is 35.5. The van der Waals surface area contributed by atoms with Crippen molar-refractivity contribution in [1.82, 2.24) is 0 Å². The monoisotopic (exact) mass is 1320 g/mol. The van der Waals surface area contributed by atoms with Crippen LogP contribution in [0.3, 0.4) is 0 Å². The van der Waals surface area contributed by atoms with Crippen LogP contribution < -0.4 is 25.4 Å². The third-order valence-corrected chi connectivity index (χ3v) is 19.8. The van der Waals surface area contributed by atoms with Gasteiger partial charge in [0.1, 0.15) is 109 Å². The van der Waals surface area contributed by atoms with Gasteiger partial charge in [-0.15, -0.1) is 0 Å². The minimum absolute atomic E-state index is 0.0163. The van der Waals surface area contributed by atoms with Crippen molar-refractivity contribution in [2.45, 2.75) is 168 Å². The molecule has 7 aliphatic rings. The van der Waals surface area contributed by atoms with Gasteiger partial charge in [-0.1, -0.05) is 96.0 Å². The summed E-state index contributed by atoms with van der Waals surface area (Å²) in [6, 6.07) is 34.7. The van der Waals surface area contributed by atoms with Crippen LogP contribution in [-0.2, 0) is 51.1 Å². The Hall–Kier alpha value is -6.03. The van der Waals surface area contributed by atoms with Crippen LogP contribution in [0.15, 0.2) is 109 Å². The van der Waals surface area contributed by atoms with Crippen molar-refractivity contribution in [3.63, 3.8) is 0 Å². The van der Waals surface area contributed by atoms with Crippen molar-refractivity contribution >= 4 is 40.5 Å². The molecular weight excluding hydrogens is 1240 g/mol. The lowest BCUT2D eigenvalue weighted by molar-refractivity contribution is -0.231. The Morgan fingerprint density at radius 3 is 1.53 bits per heavy atom. The van der Waals surface area contributed by atoms with Crippen molar-refractivity contribution in [2.75, 3.05) is 50.2 Å². The van der Waals surface area contributed by atoms with Crippen LogP contribution >= 0.6 is 23.2 Å². The number of anilines is 2. The molecule has 16 atom stereocenters. The van der Waals surface area contributed by atoms with E-state index in [1.54, 1.807) is 30.3 Å². The Bertz CT molecular complexity index is 3610. The Morgan fingerprint density at radius 1 is 0.559 bits per heavy atom. The number of nitrogens with one attached hydrogen (secondary N) is 1. The standard InChI is InChI=1S/C24H31NO5.C23H26ClNO7.C23H26ClNO6/c1-14-5-7-17(24-23(29)22(28)21(27)20(13-26)30-24)12-18(14)11-15-6-8-19-16(10-15)4-3-9-25(19)2;24-15-4-2-13(22-21(29)20(28)19(27)18(10-26)32-22)9-14(15)8-11-1-5-16-12(7-11)3-6-17(31-16)23(25)30;24-15-3-2-13(22-21(29)20(28)19(27)18(10-26)30-22)9-14(15)7-12-1-4-17-16(8-12)25-11-23(31-17)5-6-23/h5-8,10,12,20-24,26-29H,3-4,9,11,13H2,1-2H3;1-2,4-5,7,9,17-22,26-29H,3,6,8,10H2,(H2,25,30);1-4,8-9,18-22,25-29H,5-7,10-11H2/t20-,21-,22+,23-,24+;17?,18-,19-,20+,21-,22+;18-,19-,20+,21-,22+/m111/s1. The minimum Gasteiger partial charge on any atom is -0.483 e. The molecule has 1 amide bonds. The van der Waals surface area contributed by atoms with E-state index in [1.165, 1.54) is 23.2 Å². The molecule has 0 bridgehead atoms. The second kappa shape index (κ2) is 29.1. The Balaban J connectivity index is 0.000000143. The molecule has 21 nitrogen and oxygen atoms in total. The second-order valence-electron chi connectivity index (χ2n) is 25.6. The average Bonchev–Trinajstić information content (AvgIpc) is 1.66. The predicted octanol–water partition coefficient (Wildman–Crippen LogP) is 3.89. The zero-order valence-electron chi connectivity index (χ0n) is 51.6. The van der Waals surface area contributed by atoms with E-state index in [0.29, 0.717) is 52.6 Å². The summed E-state index contributed by atoms with van der Waals surface area (Å²) in [6.07, 6.45) is -11.0. The zero-order valence-corrected chi connectivity index (χ0v) is 53.1. The molecule has 4 fully saturated rings. The number of benzene rings is 6. The van der Waals surface area contributed by atoms with E-state index >= 15 is 0 Å². The van der Waals surface area contributed by atoms with Gasteiger partial charge in [-0.3, -0.25) is 4.79 Å². The fourth-order valence-corrected chi connectivity index (χ4v) is 13.6. The van der Waals surface area contributed by atoms with Crippen LogP contribution in [0.25, 0.3) is 0 Å². The molecule has 1 spiro atoms. The Kier molecular flexibility index (Phi) is 21.4. The predicted molar refractivity (Wildman–Crippen MR) is 345 cm³/mol. The first kappa shape index (κ1) is 68.4. The normalized spacial score (nSPS) is 29.9. The van der Waals surface area contributed by atoms with Crippen molar-refractivity contribution in [3.8, 4) is 11.5 Å². The van der Waals surface area contributed by atoms with Gasteiger partial charge in [-0.25, -0.2) is 0 Å². The first-order chi connectivity index (χ1) is 44.6. The van der Waals surface area contributed by atoms with E-state index < -0.39 is 123 Å². The Morgan fingerprint density at radius 2 is 1.02 bits per heavy atom. The second-order valence-corrected chi connectivity index (χ2v) is 26.4. The number of aliphatic hydroxyl groups excluding tert-OH is 12. The number of amides is 1. The molecule has 0 aromatic heterocycles. The molecule has 6 heterocycles. The summed E-state index contributed by atoms with van der Waals surface area (Å²) in [6.45, 7) is 2.58. The maximum Gasteiger partial charge on any atom is 0.258 e. The number of rotatable bonds is 13. The first-order valence-electron chi connectivity index (χ1n) is 31.6. The molecule has 1 aliphatic carbocycles. The lowest BCUT2D eigenvalue weighted by atomic mass is 9.88. The zero-order chi connectivity index (χ0) is 66.2. The van der Waals surface area contributed by atoms with Crippen molar-refractivity contribution < 1.29 is 89.8 Å². The minimum atomic E-state index is -1.45. The molecule has 1 saturated carbocycles. The highest BCUT2D eigenvalue weighted by Crippen LogP contribution is 2.47. The van der Waals surface area contributed by atoms with Crippen LogP contribution in [-0.4, -0.2) is 192 Å². The summed E-state index contributed by atoms with van der Waals surface area (Å²) >= 11 is 12.9. The molecule has 15 N–H and O–H groups in total. The van der Waals surface area contributed by atoms with Gasteiger partial charge in [0.25, 0.3) is 5.91 Å². The number of aliphatic hydroxyl groups is 12. The van der Waals surface area contributed by atoms with Gasteiger partial charge in [-0.2, -0.15) is 0 Å². The van der Waals surface area contributed by atoms with E-state index in [2.05, 4.69) is 48.5 Å². The van der Waals surface area contributed by atoms with E-state index in [1.807, 2.05) is 54.6 Å². The van der Waals surface area contributed by atoms with E-state index in [9.17, 15) is 66.1 Å². The number of carbonyl (C=O) groups excluding carboxylic acids is 1. The van der Waals surface area contributed by atoms with Crippen LogP contribution in [0, 0.1) is 6.92 Å². The van der Waals surface area contributed by atoms with Crippen LogP contribution in [0.4, 0.5) is 11.4 Å². The van der Waals surface area contributed by atoms with Crippen molar-refractivity contribution in [1.29, 1.82) is 0 Å². The third kappa shape index (κ3) is 15.0. The summed E-state index contributed by atoms with van der Waals surface area (Å²) in [7, 11) is 2.13. The number of ether oxygens (including phenoxy) is 5. The molecule has 0 radical (unpaired) electrons. The van der Waals surface area contributed by atoms with Gasteiger partial charge in [-0.05, 0) is 168 Å². The third-order valence-electron chi connectivity index (χ3n) is 19.0. The molecule has 6 aromatic carbocycles. The van der Waals surface area contributed by atoms with E-state index in [-0.39, 0.29) is 5.60 Å². The molecule has 23 heteroatoms. The Labute approximate surface area is 549 Å². The molecular formula is C70H83Cl2N3O18. The SMILES string of the molecule is Cc1ccc([C@@H]2O[C@H](CO)[C@@H](O)[C@H](O)[C@H]2O)cc1Cc1ccc2c(c1)CCCN2C.NC(=O)C1CCc2cc(Cc3cc([C@@H]4O[C@H](CO)[C@@H](O)[C@H](O)[C@H]4O)ccc3Cl)ccc2O1.OC[C@H]1O[C@@H](c2ccc(Cl)c(Cc3ccc4c(c3)NCC3(CC3)O4)c2)[C@H](O)[C@@H](O)[C@@H]1O. The van der Waals surface area contributed by atoms with Crippen LogP contribution in [0.1, 0.15) is 111 Å². The number of nitrogens with zero attached hydrogens (tertiary/aromatic N) is 1. The molecule has 6 aromatic rings. The smallest absolute Gasteiger partial charge is 0.258 e. The van der Waals surface area contributed by atoms with Gasteiger partial charge >= 0.3 is 0 Å². The van der Waals surface area contributed by atoms with Gasteiger partial charge in [0.15, 0.2) is 6.10 Å². The summed E-state index contributed by atoms with van der Waals surface area (Å²) in [5.41, 5.74) is 19.0. The quantitative estimate of drug-likeness (QED) is 0.0780. The van der Waals surface area contributed by atoms with Crippen LogP contribution in [0.5, 0.6) is 11.5 Å². The molecule has 93 heavy (non-hydrogen) atoms. The molecule has 13 rings (SSSR count). The number of nitrogens with two attached hydrogens (primary N) is 1. The highest BCUT2D eigenvalue weighted by molar-refractivity contribution is 6.31. The summed E-state index contributed by atoms with van der Waals surface area (Å²) in [4.78, 5) is 13.7. The molecule has 1 unspecified atom stereocenters. The number of hydrogen-bond donors (Lipinski definition) is 14. The van der Waals surface area contributed by atoms with Gasteiger partial charge in [0, 0.05) is 29.3 Å². The molecule has 3 saturated heterocycles. The number of hydrogen-bond acceptors (Lipinski definition) is 20. The number of aryl methyl sites for hydroxylation is 3. The molecule has 500 valence electrons. The number of primary amides is 1. The van der Waals surface area contributed by atoms with Gasteiger partial charge in [0.2, 0.25) is 0 Å². The maximum absolute atomic E-state index is 11.4. The fourth-order valence-electron chi connectivity index (χ4n) is 13.2. The fraction of sp³-hybridized carbons (Fsp3) is 0.471. The highest BCUT2D eigenvalue weighted by Gasteiger charge is 2.49. The van der Waals surface area contributed by atoms with Gasteiger partial charge in [0.05, 0.1) is 32.1 Å². The lowest BCUT2D eigenvalue weighted by Crippen LogP contribution is -2.55. The number of carbonyl (C=O) groups is 1. The number of fused-ring (bicyclic) bond motifs is 3. The van der Waals surface area contributed by atoms with E-state index in [0.717, 1.165) is 94.7 Å². The number of halogens is 2. The maximum atomic E-state index is 11.4. The average molecular weight is 1330 g/mol. The summed E-state index contributed by atoms with van der Waals surface area (Å²) in [5, 5.41) is 125. The van der Waals surface area contributed by atoms with Crippen molar-refractivity contribution in [3.05, 3.63) is 186 Å². The lowest BCUT2D eigenvalue weighted by Gasteiger charge is -2.40. The topological polar surface area (TPSA) is 347 Å². The largest absolute Gasteiger partial charge is 0.483 e. The van der Waals surface area contributed by atoms with Gasteiger partial charge < -0.3 is 101 Å². The molecule has 6 aliphatic heterocycles. The summed E-state index contributed by atoms with van der Waals surface area (Å²) in [5.74, 6) is 1.04. The van der Waals surface area contributed by atoms with Crippen molar-refractivity contribution in [2.24, 2.45) is 5.73 Å². The van der Waals surface area contributed by atoms with Crippen LogP contribution in [0.2, 0.25) is 10.0 Å².